The molecule has 2 atom stereocenters. The highest BCUT2D eigenvalue weighted by atomic mass is 32.2. The Hall–Kier alpha value is -0.920. The second-order valence-corrected chi connectivity index (χ2v) is 5.75. The Morgan fingerprint density at radius 1 is 1.38 bits per heavy atom. The smallest absolute Gasteiger partial charge is 0.406 e. The number of hydrogen-bond donors (Lipinski definition) is 1. The Morgan fingerprint density at radius 3 is 2.57 bits per heavy atom. The van der Waals surface area contributed by atoms with Gasteiger partial charge in [-0.1, -0.05) is 12.1 Å². The van der Waals surface area contributed by atoms with Gasteiger partial charge in [-0.05, 0) is 37.9 Å². The molecule has 0 aliphatic heterocycles. The van der Waals surface area contributed by atoms with E-state index in [0.717, 1.165) is 11.3 Å². The molecule has 21 heavy (non-hydrogen) atoms. The minimum atomic E-state index is -4.69. The van der Waals surface area contributed by atoms with Crippen LogP contribution in [0.4, 0.5) is 13.2 Å². The van der Waals surface area contributed by atoms with Crippen molar-refractivity contribution in [2.24, 2.45) is 5.73 Å². The van der Waals surface area contributed by atoms with Gasteiger partial charge in [0.05, 0.1) is 0 Å². The molecule has 1 aromatic rings. The van der Waals surface area contributed by atoms with Crippen molar-refractivity contribution in [3.05, 3.63) is 29.8 Å². The third-order valence-electron chi connectivity index (χ3n) is 3.29. The zero-order valence-electron chi connectivity index (χ0n) is 12.4. The van der Waals surface area contributed by atoms with Gasteiger partial charge in [0, 0.05) is 24.4 Å². The monoisotopic (exact) mass is 322 g/mol. The molecule has 0 heterocycles. The summed E-state index contributed by atoms with van der Waals surface area (Å²) in [7, 11) is 1.93. The van der Waals surface area contributed by atoms with Crippen LogP contribution in [0.2, 0.25) is 0 Å². The molecule has 0 saturated heterocycles. The fraction of sp³-hybridized carbons (Fsp3) is 0.571. The Bertz CT molecular complexity index is 442. The van der Waals surface area contributed by atoms with Gasteiger partial charge >= 0.3 is 6.36 Å². The third-order valence-corrected chi connectivity index (χ3v) is 4.11. The van der Waals surface area contributed by atoms with Gasteiger partial charge in [-0.3, -0.25) is 4.90 Å². The summed E-state index contributed by atoms with van der Waals surface area (Å²) >= 11 is 1.72. The molecule has 2 N–H and O–H groups in total. The molecule has 0 aromatic heterocycles. The van der Waals surface area contributed by atoms with Crippen LogP contribution in [0.5, 0.6) is 5.75 Å². The highest BCUT2D eigenvalue weighted by molar-refractivity contribution is 7.98. The number of ether oxygens (including phenoxy) is 1. The highest BCUT2D eigenvalue weighted by Gasteiger charge is 2.31. The lowest BCUT2D eigenvalue weighted by molar-refractivity contribution is -0.274. The van der Waals surface area contributed by atoms with E-state index in [9.17, 15) is 13.2 Å². The molecule has 3 nitrogen and oxygen atoms in total. The van der Waals surface area contributed by atoms with Crippen molar-refractivity contribution >= 4 is 11.8 Å². The van der Waals surface area contributed by atoms with E-state index < -0.39 is 6.36 Å². The van der Waals surface area contributed by atoms with Gasteiger partial charge < -0.3 is 10.5 Å². The molecule has 0 amide bonds. The van der Waals surface area contributed by atoms with E-state index in [1.165, 1.54) is 12.1 Å². The number of benzene rings is 1. The maximum atomic E-state index is 12.3. The van der Waals surface area contributed by atoms with Gasteiger partial charge in [0.1, 0.15) is 5.75 Å². The first-order chi connectivity index (χ1) is 9.78. The topological polar surface area (TPSA) is 38.5 Å². The molecule has 0 saturated carbocycles. The first-order valence-electron chi connectivity index (χ1n) is 6.55. The lowest BCUT2D eigenvalue weighted by atomic mass is 10.0. The van der Waals surface area contributed by atoms with Crippen molar-refractivity contribution in [3.63, 3.8) is 0 Å². The van der Waals surface area contributed by atoms with Crippen LogP contribution >= 0.6 is 11.8 Å². The summed E-state index contributed by atoms with van der Waals surface area (Å²) in [5.41, 5.74) is 6.52. The van der Waals surface area contributed by atoms with Crippen LogP contribution in [0.3, 0.4) is 0 Å². The maximum Gasteiger partial charge on any atom is 0.573 e. The molecule has 0 aliphatic carbocycles. The molecule has 1 aromatic carbocycles. The van der Waals surface area contributed by atoms with E-state index >= 15 is 0 Å². The minimum absolute atomic E-state index is 0.149. The van der Waals surface area contributed by atoms with E-state index in [2.05, 4.69) is 16.6 Å². The first kappa shape index (κ1) is 18.1. The molecule has 0 radical (unpaired) electrons. The van der Waals surface area contributed by atoms with Crippen molar-refractivity contribution in [1.29, 1.82) is 0 Å². The molecule has 0 bridgehead atoms. The second-order valence-electron chi connectivity index (χ2n) is 4.84. The Labute approximate surface area is 127 Å². The van der Waals surface area contributed by atoms with Crippen molar-refractivity contribution in [2.45, 2.75) is 25.4 Å². The zero-order valence-corrected chi connectivity index (χ0v) is 13.2. The van der Waals surface area contributed by atoms with Crippen LogP contribution in [0, 0.1) is 0 Å². The Morgan fingerprint density at radius 2 is 2.05 bits per heavy atom. The number of likely N-dealkylation sites (N-methyl/N-ethyl adjacent to an activating group) is 1. The van der Waals surface area contributed by atoms with Crippen molar-refractivity contribution in [1.82, 2.24) is 4.90 Å². The van der Waals surface area contributed by atoms with E-state index in [1.54, 1.807) is 23.9 Å². The van der Waals surface area contributed by atoms with Crippen LogP contribution in [0.15, 0.2) is 24.3 Å². The number of halogens is 3. The second kappa shape index (κ2) is 7.91. The summed E-state index contributed by atoms with van der Waals surface area (Å²) < 4.78 is 40.8. The van der Waals surface area contributed by atoms with Gasteiger partial charge in [-0.2, -0.15) is 11.8 Å². The summed E-state index contributed by atoms with van der Waals surface area (Å²) in [6.07, 6.45) is -2.67. The molecular formula is C14H21F3N2OS. The molecule has 0 fully saturated rings. The Kier molecular flexibility index (Phi) is 6.83. The van der Waals surface area contributed by atoms with Gasteiger partial charge in [-0.15, -0.1) is 13.2 Å². The summed E-state index contributed by atoms with van der Waals surface area (Å²) in [5, 5.41) is 0. The van der Waals surface area contributed by atoms with Crippen LogP contribution in [-0.2, 0) is 0 Å². The fourth-order valence-corrected chi connectivity index (χ4v) is 2.84. The Balaban J connectivity index is 2.93. The molecule has 0 spiro atoms. The third kappa shape index (κ3) is 5.76. The van der Waals surface area contributed by atoms with Crippen LogP contribution < -0.4 is 10.5 Å². The largest absolute Gasteiger partial charge is 0.573 e. The summed E-state index contributed by atoms with van der Waals surface area (Å²) in [4.78, 5) is 2.07. The number of nitrogens with two attached hydrogens (primary N) is 1. The van der Waals surface area contributed by atoms with Crippen molar-refractivity contribution in [2.75, 3.05) is 25.6 Å². The van der Waals surface area contributed by atoms with Crippen molar-refractivity contribution < 1.29 is 17.9 Å². The van der Waals surface area contributed by atoms with E-state index in [1.807, 2.05) is 13.3 Å². The maximum absolute atomic E-state index is 12.3. The highest BCUT2D eigenvalue weighted by Crippen LogP contribution is 2.28. The number of hydrogen-bond acceptors (Lipinski definition) is 4. The number of thioether (sulfide) groups is 1. The SMILES string of the molecule is CSCC(C)N(C)C(CN)c1cccc(OC(F)(F)F)c1. The predicted molar refractivity (Wildman–Crippen MR) is 80.5 cm³/mol. The zero-order chi connectivity index (χ0) is 16.0. The minimum Gasteiger partial charge on any atom is -0.406 e. The lowest BCUT2D eigenvalue weighted by Gasteiger charge is -2.32. The first-order valence-corrected chi connectivity index (χ1v) is 7.94. The van der Waals surface area contributed by atoms with Crippen LogP contribution in [-0.4, -0.2) is 42.9 Å². The van der Waals surface area contributed by atoms with Crippen LogP contribution in [0.1, 0.15) is 18.5 Å². The molecule has 0 aliphatic rings. The normalized spacial score (nSPS) is 15.0. The quantitative estimate of drug-likeness (QED) is 0.836. The van der Waals surface area contributed by atoms with Crippen molar-refractivity contribution in [3.8, 4) is 5.75 Å². The molecule has 120 valence electrons. The van der Waals surface area contributed by atoms with Crippen LogP contribution in [0.25, 0.3) is 0 Å². The molecule has 1 rings (SSSR count). The van der Waals surface area contributed by atoms with Gasteiger partial charge in [0.25, 0.3) is 0 Å². The lowest BCUT2D eigenvalue weighted by Crippen LogP contribution is -2.38. The predicted octanol–water partition coefficient (Wildman–Crippen LogP) is 3.27. The average molecular weight is 322 g/mol. The van der Waals surface area contributed by atoms with Gasteiger partial charge in [-0.25, -0.2) is 0 Å². The fourth-order valence-electron chi connectivity index (χ4n) is 2.12. The van der Waals surface area contributed by atoms with E-state index in [4.69, 9.17) is 5.73 Å². The standard InChI is InChI=1S/C14H21F3N2OS/c1-10(9-21-3)19(2)13(8-18)11-5-4-6-12(7-11)20-14(15,16)17/h4-7,10,13H,8-9,18H2,1-3H3. The van der Waals surface area contributed by atoms with Gasteiger partial charge in [0.15, 0.2) is 0 Å². The summed E-state index contributed by atoms with van der Waals surface area (Å²) in [6, 6.07) is 6.11. The molecule has 2 unspecified atom stereocenters. The molecule has 7 heteroatoms. The number of alkyl halides is 3. The van der Waals surface area contributed by atoms with Gasteiger partial charge in [0.2, 0.25) is 0 Å². The van der Waals surface area contributed by atoms with E-state index in [-0.39, 0.29) is 17.8 Å². The average Bonchev–Trinajstić information content (AvgIpc) is 2.38. The number of rotatable bonds is 7. The molecular weight excluding hydrogens is 301 g/mol. The summed E-state index contributed by atoms with van der Waals surface area (Å²) in [5.74, 6) is 0.704. The number of nitrogens with zero attached hydrogens (tertiary/aromatic N) is 1. The van der Waals surface area contributed by atoms with E-state index in [0.29, 0.717) is 6.54 Å². The summed E-state index contributed by atoms with van der Waals surface area (Å²) in [6.45, 7) is 2.39.